The highest BCUT2D eigenvalue weighted by atomic mass is 32.2. The number of hydrogen-bond donors (Lipinski definition) is 0. The van der Waals surface area contributed by atoms with Crippen LogP contribution in [0.5, 0.6) is 0 Å². The molecule has 0 spiro atoms. The van der Waals surface area contributed by atoms with Crippen molar-refractivity contribution in [3.8, 4) is 6.07 Å². The summed E-state index contributed by atoms with van der Waals surface area (Å²) in [6, 6.07) is 1.76. The van der Waals surface area contributed by atoms with E-state index in [9.17, 15) is 27.0 Å². The van der Waals surface area contributed by atoms with Crippen molar-refractivity contribution in [2.45, 2.75) is 25.8 Å². The Balaban J connectivity index is 2.13. The topological polar surface area (TPSA) is 136 Å². The standard InChI is InChI=1S/C18H16F3N8O2S/c1-3-28-6-5-11-7-12(13(8-15(11)28)27-32(30,31)18(19,20)21)25-26-17-24-14(9-22)16(10-23)29(17)4-2/h7-8H,3-6H2,1-2H3/q-1/b25-12?,26-17?,27-13+. The van der Waals surface area contributed by atoms with Crippen LogP contribution >= 0.6 is 0 Å². The Kier molecular flexibility index (Phi) is 6.16. The van der Waals surface area contributed by atoms with Crippen LogP contribution in [0.15, 0.2) is 48.7 Å². The van der Waals surface area contributed by atoms with Gasteiger partial charge in [0.15, 0.2) is 5.71 Å². The van der Waals surface area contributed by atoms with Gasteiger partial charge in [0.05, 0.1) is 0 Å². The fourth-order valence-corrected chi connectivity index (χ4v) is 3.76. The lowest BCUT2D eigenvalue weighted by molar-refractivity contribution is -0.0435. The van der Waals surface area contributed by atoms with Crippen LogP contribution < -0.4 is 0 Å². The molecule has 2 heterocycles. The zero-order valence-corrected chi connectivity index (χ0v) is 17.7. The Bertz CT molecular complexity index is 1230. The van der Waals surface area contributed by atoms with E-state index in [0.29, 0.717) is 25.2 Å². The summed E-state index contributed by atoms with van der Waals surface area (Å²) in [5.41, 5.74) is -5.22. The zero-order chi connectivity index (χ0) is 23.7. The SMILES string of the molecule is CCN1CCC2=CC(=NN=C3N=C(C#N)C(=C=[N-])N3CC)/C(=N/S(=O)(=O)C(F)(F)F)C=C21. The van der Waals surface area contributed by atoms with Crippen molar-refractivity contribution in [3.05, 3.63) is 34.5 Å². The zero-order valence-electron chi connectivity index (χ0n) is 16.9. The third-order valence-electron chi connectivity index (χ3n) is 4.78. The molecule has 14 heteroatoms. The first-order chi connectivity index (χ1) is 15.1. The molecule has 1 aliphatic carbocycles. The highest BCUT2D eigenvalue weighted by Crippen LogP contribution is 2.31. The van der Waals surface area contributed by atoms with Crippen molar-refractivity contribution in [1.82, 2.24) is 9.80 Å². The van der Waals surface area contributed by atoms with E-state index in [-0.39, 0.29) is 29.6 Å². The average molecular weight is 465 g/mol. The van der Waals surface area contributed by atoms with E-state index in [1.807, 2.05) is 17.7 Å². The second kappa shape index (κ2) is 8.52. The summed E-state index contributed by atoms with van der Waals surface area (Å²) < 4.78 is 65.0. The summed E-state index contributed by atoms with van der Waals surface area (Å²) in [6.45, 7) is 4.93. The van der Waals surface area contributed by atoms with E-state index in [1.54, 1.807) is 13.0 Å². The Morgan fingerprint density at radius 2 is 1.94 bits per heavy atom. The van der Waals surface area contributed by atoms with Crippen LogP contribution in [0.2, 0.25) is 0 Å². The van der Waals surface area contributed by atoms with Crippen LogP contribution in [-0.2, 0) is 10.0 Å². The molecule has 168 valence electrons. The van der Waals surface area contributed by atoms with E-state index < -0.39 is 21.2 Å². The number of halogens is 3. The molecule has 3 rings (SSSR count). The summed E-state index contributed by atoms with van der Waals surface area (Å²) in [5, 5.41) is 26.1. The Labute approximate surface area is 181 Å². The van der Waals surface area contributed by atoms with E-state index in [0.717, 1.165) is 5.57 Å². The third kappa shape index (κ3) is 4.12. The lowest BCUT2D eigenvalue weighted by Crippen LogP contribution is -2.27. The predicted octanol–water partition coefficient (Wildman–Crippen LogP) is 1.96. The molecular weight excluding hydrogens is 449 g/mol. The molecule has 0 amide bonds. The number of hydrogen-bond acceptors (Lipinski definition) is 6. The highest BCUT2D eigenvalue weighted by Gasteiger charge is 2.46. The number of alkyl halides is 3. The molecule has 10 nitrogen and oxygen atoms in total. The van der Waals surface area contributed by atoms with Gasteiger partial charge in [-0.2, -0.15) is 36.2 Å². The summed E-state index contributed by atoms with van der Waals surface area (Å²) in [4.78, 5) is 7.08. The summed E-state index contributed by atoms with van der Waals surface area (Å²) >= 11 is 0. The van der Waals surface area contributed by atoms with Crippen molar-refractivity contribution in [2.75, 3.05) is 19.6 Å². The van der Waals surface area contributed by atoms with Crippen LogP contribution in [0.25, 0.3) is 5.41 Å². The fraction of sp³-hybridized carbons (Fsp3) is 0.389. The Morgan fingerprint density at radius 1 is 1.22 bits per heavy atom. The van der Waals surface area contributed by atoms with Gasteiger partial charge in [0, 0.05) is 25.3 Å². The molecule has 1 fully saturated rings. The molecule has 2 aliphatic heterocycles. The van der Waals surface area contributed by atoms with Crippen molar-refractivity contribution in [3.63, 3.8) is 0 Å². The number of rotatable bonds is 4. The number of nitrogens with zero attached hydrogens (tertiary/aromatic N) is 8. The number of aliphatic imine (C=N–C) groups is 1. The number of sulfonamides is 1. The van der Waals surface area contributed by atoms with Gasteiger partial charge in [0.25, 0.3) is 5.96 Å². The predicted molar refractivity (Wildman–Crippen MR) is 113 cm³/mol. The molecule has 1 saturated heterocycles. The first-order valence-corrected chi connectivity index (χ1v) is 10.8. The minimum atomic E-state index is -5.82. The van der Waals surface area contributed by atoms with Crippen LogP contribution in [0.1, 0.15) is 20.3 Å². The summed E-state index contributed by atoms with van der Waals surface area (Å²) in [6.07, 6.45) is 3.24. The number of guanidine groups is 1. The minimum Gasteiger partial charge on any atom is -0.761 e. The molecule has 0 aromatic heterocycles. The summed E-state index contributed by atoms with van der Waals surface area (Å²) in [5.74, 6) is 1.71. The third-order valence-corrected chi connectivity index (χ3v) is 5.81. The Morgan fingerprint density at radius 3 is 2.50 bits per heavy atom. The van der Waals surface area contributed by atoms with E-state index >= 15 is 0 Å². The molecule has 0 aromatic carbocycles. The minimum absolute atomic E-state index is 0.0407. The lowest BCUT2D eigenvalue weighted by atomic mass is 10.0. The van der Waals surface area contributed by atoms with E-state index in [2.05, 4.69) is 19.6 Å². The molecular formula is C18H16F3N8O2S-. The van der Waals surface area contributed by atoms with Gasteiger partial charge in [-0.3, -0.25) is 0 Å². The molecule has 0 N–H and O–H groups in total. The largest absolute Gasteiger partial charge is 0.761 e. The maximum Gasteiger partial charge on any atom is 0.518 e. The maximum atomic E-state index is 12.9. The average Bonchev–Trinajstić information content (AvgIpc) is 3.30. The van der Waals surface area contributed by atoms with Crippen LogP contribution in [-0.4, -0.2) is 72.3 Å². The van der Waals surface area contributed by atoms with E-state index in [4.69, 9.17) is 5.26 Å². The second-order valence-corrected chi connectivity index (χ2v) is 8.18. The number of likely N-dealkylation sites (N-methyl/N-ethyl adjacent to an activating group) is 1. The first-order valence-electron chi connectivity index (χ1n) is 9.34. The van der Waals surface area contributed by atoms with E-state index in [1.165, 1.54) is 17.1 Å². The molecule has 32 heavy (non-hydrogen) atoms. The van der Waals surface area contributed by atoms with Crippen LogP contribution in [0.4, 0.5) is 13.2 Å². The van der Waals surface area contributed by atoms with Gasteiger partial charge in [-0.25, -0.2) is 5.87 Å². The van der Waals surface area contributed by atoms with Gasteiger partial charge in [-0.15, -0.1) is 10.2 Å². The molecule has 0 unspecified atom stereocenters. The molecule has 0 aromatic rings. The lowest BCUT2D eigenvalue weighted by Gasteiger charge is -2.20. The van der Waals surface area contributed by atoms with Crippen molar-refractivity contribution in [2.24, 2.45) is 19.6 Å². The van der Waals surface area contributed by atoms with Gasteiger partial charge in [0.2, 0.25) is 0 Å². The van der Waals surface area contributed by atoms with Gasteiger partial charge < -0.3 is 15.2 Å². The second-order valence-electron chi connectivity index (χ2n) is 6.59. The van der Waals surface area contributed by atoms with Crippen LogP contribution in [0.3, 0.4) is 0 Å². The Hall–Kier alpha value is -3.56. The smallest absolute Gasteiger partial charge is 0.518 e. The quantitative estimate of drug-likeness (QED) is 0.355. The van der Waals surface area contributed by atoms with Crippen molar-refractivity contribution < 1.29 is 21.6 Å². The number of fused-ring (bicyclic) bond motifs is 1. The fourth-order valence-electron chi connectivity index (χ4n) is 3.25. The van der Waals surface area contributed by atoms with Gasteiger partial charge in [0.1, 0.15) is 23.2 Å². The van der Waals surface area contributed by atoms with Crippen LogP contribution in [0, 0.1) is 11.3 Å². The number of allylic oxidation sites excluding steroid dienone is 4. The van der Waals surface area contributed by atoms with Gasteiger partial charge in [-0.1, -0.05) is 0 Å². The highest BCUT2D eigenvalue weighted by molar-refractivity contribution is 7.91. The maximum absolute atomic E-state index is 12.9. The first kappa shape index (κ1) is 23.1. The normalized spacial score (nSPS) is 22.7. The molecule has 0 bridgehead atoms. The molecule has 3 aliphatic rings. The molecule has 0 saturated carbocycles. The molecule has 0 atom stereocenters. The van der Waals surface area contributed by atoms with Crippen molar-refractivity contribution >= 4 is 39.0 Å². The van der Waals surface area contributed by atoms with Gasteiger partial charge in [-0.05, 0) is 38.0 Å². The van der Waals surface area contributed by atoms with Gasteiger partial charge >= 0.3 is 15.5 Å². The van der Waals surface area contributed by atoms with Crippen molar-refractivity contribution in [1.29, 1.82) is 5.26 Å². The number of nitriles is 1. The monoisotopic (exact) mass is 465 g/mol. The molecule has 0 radical (unpaired) electrons. The summed E-state index contributed by atoms with van der Waals surface area (Å²) in [7, 11) is -5.82. The number of likely N-dealkylation sites (tertiary alicyclic amines) is 1.